The van der Waals surface area contributed by atoms with Crippen LogP contribution in [0, 0.1) is 11.3 Å². The van der Waals surface area contributed by atoms with Gasteiger partial charge in [0, 0.05) is 0 Å². The molecule has 0 saturated heterocycles. The van der Waals surface area contributed by atoms with Crippen molar-refractivity contribution in [3.8, 4) is 11.8 Å². The molecule has 1 heterocycles. The lowest BCUT2D eigenvalue weighted by molar-refractivity contribution is 0.475. The minimum atomic E-state index is 0.177. The predicted molar refractivity (Wildman–Crippen MR) is 83.5 cm³/mol. The van der Waals surface area contributed by atoms with Crippen LogP contribution in [0.4, 0.5) is 5.69 Å². The number of rotatable bonds is 3. The molecule has 102 valence electrons. The van der Waals surface area contributed by atoms with E-state index in [1.807, 2.05) is 30.3 Å². The SMILES string of the molecule is N#C/C(=N\Nc1ccc(O)cc1)c1nc2ccccc2s1. The van der Waals surface area contributed by atoms with Crippen LogP contribution in [0.15, 0.2) is 53.6 Å². The number of fused-ring (bicyclic) bond motifs is 1. The molecule has 0 bridgehead atoms. The highest BCUT2D eigenvalue weighted by Gasteiger charge is 2.09. The summed E-state index contributed by atoms with van der Waals surface area (Å²) in [5, 5.41) is 23.1. The monoisotopic (exact) mass is 294 g/mol. The van der Waals surface area contributed by atoms with Gasteiger partial charge in [-0.15, -0.1) is 11.3 Å². The standard InChI is InChI=1S/C15H10N4OS/c16-9-13(19-18-10-5-7-11(20)8-6-10)15-17-12-3-1-2-4-14(12)21-15/h1-8,18,20H/b19-13+. The molecule has 0 spiro atoms. The summed E-state index contributed by atoms with van der Waals surface area (Å²) in [6.45, 7) is 0. The van der Waals surface area contributed by atoms with Gasteiger partial charge in [0.25, 0.3) is 0 Å². The van der Waals surface area contributed by atoms with Crippen LogP contribution in [0.2, 0.25) is 0 Å². The summed E-state index contributed by atoms with van der Waals surface area (Å²) in [5.74, 6) is 0.177. The number of hydrogen-bond donors (Lipinski definition) is 2. The average Bonchev–Trinajstić information content (AvgIpc) is 2.93. The molecule has 1 aromatic heterocycles. The van der Waals surface area contributed by atoms with Gasteiger partial charge in [0.15, 0.2) is 10.7 Å². The Kier molecular flexibility index (Phi) is 3.50. The Hall–Kier alpha value is -2.91. The van der Waals surface area contributed by atoms with Gasteiger partial charge in [0.1, 0.15) is 11.8 Å². The maximum atomic E-state index is 9.23. The Morgan fingerprint density at radius 3 is 2.67 bits per heavy atom. The van der Waals surface area contributed by atoms with Crippen molar-refractivity contribution < 1.29 is 5.11 Å². The quantitative estimate of drug-likeness (QED) is 0.441. The van der Waals surface area contributed by atoms with E-state index < -0.39 is 0 Å². The zero-order chi connectivity index (χ0) is 14.7. The van der Waals surface area contributed by atoms with E-state index in [0.717, 1.165) is 10.2 Å². The maximum Gasteiger partial charge on any atom is 0.196 e. The fourth-order valence-corrected chi connectivity index (χ4v) is 2.66. The Bertz CT molecular complexity index is 813. The number of thiazole rings is 1. The number of phenolic OH excluding ortho intramolecular Hbond substituents is 1. The molecule has 0 aliphatic heterocycles. The van der Waals surface area contributed by atoms with Gasteiger partial charge in [-0.05, 0) is 36.4 Å². The minimum Gasteiger partial charge on any atom is -0.508 e. The number of aromatic hydroxyl groups is 1. The molecule has 0 saturated carbocycles. The molecule has 6 heteroatoms. The molecule has 2 aromatic carbocycles. The second-order valence-corrected chi connectivity index (χ2v) is 5.25. The molecule has 0 atom stereocenters. The van der Waals surface area contributed by atoms with Crippen molar-refractivity contribution in [2.75, 3.05) is 5.43 Å². The lowest BCUT2D eigenvalue weighted by atomic mass is 10.3. The Morgan fingerprint density at radius 1 is 1.19 bits per heavy atom. The maximum absolute atomic E-state index is 9.23. The minimum absolute atomic E-state index is 0.177. The van der Waals surface area contributed by atoms with Crippen LogP contribution in [0.3, 0.4) is 0 Å². The van der Waals surface area contributed by atoms with Crippen LogP contribution in [0.5, 0.6) is 5.75 Å². The second kappa shape index (κ2) is 5.61. The van der Waals surface area contributed by atoms with Gasteiger partial charge < -0.3 is 5.11 Å². The first kappa shape index (κ1) is 13.1. The largest absolute Gasteiger partial charge is 0.508 e. The lowest BCUT2D eigenvalue weighted by Gasteiger charge is -2.00. The van der Waals surface area contributed by atoms with Crippen molar-refractivity contribution in [3.63, 3.8) is 0 Å². The molecule has 3 aromatic rings. The third kappa shape index (κ3) is 2.83. The average molecular weight is 294 g/mol. The first-order chi connectivity index (χ1) is 10.3. The van der Waals surface area contributed by atoms with Crippen LogP contribution >= 0.6 is 11.3 Å². The summed E-state index contributed by atoms with van der Waals surface area (Å²) in [6, 6.07) is 16.2. The molecule has 0 aliphatic rings. The van der Waals surface area contributed by atoms with Gasteiger partial charge in [0.05, 0.1) is 15.9 Å². The molecule has 2 N–H and O–H groups in total. The van der Waals surface area contributed by atoms with Crippen molar-refractivity contribution >= 4 is 33.0 Å². The van der Waals surface area contributed by atoms with Gasteiger partial charge in [-0.1, -0.05) is 12.1 Å². The van der Waals surface area contributed by atoms with E-state index >= 15 is 0 Å². The highest BCUT2D eigenvalue weighted by atomic mass is 32.1. The molecule has 21 heavy (non-hydrogen) atoms. The number of nitrogens with one attached hydrogen (secondary N) is 1. The second-order valence-electron chi connectivity index (χ2n) is 4.22. The van der Waals surface area contributed by atoms with Crippen LogP contribution < -0.4 is 5.43 Å². The predicted octanol–water partition coefficient (Wildman–Crippen LogP) is 3.34. The van der Waals surface area contributed by atoms with Crippen LogP contribution in [0.25, 0.3) is 10.2 Å². The molecule has 0 aliphatic carbocycles. The zero-order valence-electron chi connectivity index (χ0n) is 10.8. The number of aromatic nitrogens is 1. The smallest absolute Gasteiger partial charge is 0.196 e. The van der Waals surface area contributed by atoms with Crippen molar-refractivity contribution in [1.29, 1.82) is 5.26 Å². The zero-order valence-corrected chi connectivity index (χ0v) is 11.6. The summed E-state index contributed by atoms with van der Waals surface area (Å²) in [5.41, 5.74) is 4.55. The highest BCUT2D eigenvalue weighted by Crippen LogP contribution is 2.22. The van der Waals surface area contributed by atoms with Gasteiger partial charge in [-0.2, -0.15) is 10.4 Å². The molecule has 3 rings (SSSR count). The van der Waals surface area contributed by atoms with Gasteiger partial charge in [-0.3, -0.25) is 5.43 Å². The fourth-order valence-electron chi connectivity index (χ4n) is 1.75. The molecule has 0 unspecified atom stereocenters. The molecule has 0 fully saturated rings. The number of nitriles is 1. The van der Waals surface area contributed by atoms with E-state index in [9.17, 15) is 10.4 Å². The van der Waals surface area contributed by atoms with Crippen molar-refractivity contribution in [1.82, 2.24) is 4.98 Å². The first-order valence-electron chi connectivity index (χ1n) is 6.15. The van der Waals surface area contributed by atoms with E-state index in [4.69, 9.17) is 0 Å². The molecular weight excluding hydrogens is 284 g/mol. The highest BCUT2D eigenvalue weighted by molar-refractivity contribution is 7.20. The molecule has 0 radical (unpaired) electrons. The normalized spacial score (nSPS) is 11.3. The summed E-state index contributed by atoms with van der Waals surface area (Å²) in [4.78, 5) is 4.40. The van der Waals surface area contributed by atoms with E-state index in [1.54, 1.807) is 24.3 Å². The molecule has 5 nitrogen and oxygen atoms in total. The third-order valence-electron chi connectivity index (χ3n) is 2.77. The van der Waals surface area contributed by atoms with E-state index in [0.29, 0.717) is 10.7 Å². The number of para-hydroxylation sites is 1. The van der Waals surface area contributed by atoms with Crippen LogP contribution in [-0.2, 0) is 0 Å². The molecule has 0 amide bonds. The summed E-state index contributed by atoms with van der Waals surface area (Å²) < 4.78 is 1.01. The van der Waals surface area contributed by atoms with Crippen molar-refractivity contribution in [2.45, 2.75) is 0 Å². The van der Waals surface area contributed by atoms with Crippen molar-refractivity contribution in [2.24, 2.45) is 5.10 Å². The number of nitrogens with zero attached hydrogens (tertiary/aromatic N) is 3. The van der Waals surface area contributed by atoms with Gasteiger partial charge in [0.2, 0.25) is 0 Å². The number of hydrazone groups is 1. The topological polar surface area (TPSA) is 81.3 Å². The van der Waals surface area contributed by atoms with Crippen LogP contribution in [-0.4, -0.2) is 15.8 Å². The van der Waals surface area contributed by atoms with Crippen molar-refractivity contribution in [3.05, 3.63) is 53.5 Å². The Labute approximate surface area is 124 Å². The first-order valence-corrected chi connectivity index (χ1v) is 6.97. The Balaban J connectivity index is 1.89. The molecular formula is C15H10N4OS. The lowest BCUT2D eigenvalue weighted by Crippen LogP contribution is -2.01. The number of anilines is 1. The number of hydrogen-bond acceptors (Lipinski definition) is 6. The summed E-state index contributed by atoms with van der Waals surface area (Å²) in [6.07, 6.45) is 0. The van der Waals surface area contributed by atoms with E-state index in [1.165, 1.54) is 11.3 Å². The van der Waals surface area contributed by atoms with E-state index in [2.05, 4.69) is 15.5 Å². The summed E-state index contributed by atoms with van der Waals surface area (Å²) >= 11 is 1.42. The fraction of sp³-hybridized carbons (Fsp3) is 0. The van der Waals surface area contributed by atoms with Gasteiger partial charge in [-0.25, -0.2) is 4.98 Å². The third-order valence-corrected chi connectivity index (χ3v) is 3.81. The van der Waals surface area contributed by atoms with Crippen LogP contribution in [0.1, 0.15) is 5.01 Å². The number of phenols is 1. The van der Waals surface area contributed by atoms with E-state index in [-0.39, 0.29) is 11.5 Å². The summed E-state index contributed by atoms with van der Waals surface area (Å²) in [7, 11) is 0. The Morgan fingerprint density at radius 2 is 1.95 bits per heavy atom. The van der Waals surface area contributed by atoms with Gasteiger partial charge >= 0.3 is 0 Å². The number of benzene rings is 2.